The van der Waals surface area contributed by atoms with E-state index in [0.29, 0.717) is 34.2 Å². The van der Waals surface area contributed by atoms with Gasteiger partial charge in [0.25, 0.3) is 0 Å². The van der Waals surface area contributed by atoms with Crippen LogP contribution in [-0.4, -0.2) is 12.2 Å². The Kier molecular flexibility index (Phi) is 6.02. The Hall–Kier alpha value is -3.19. The molecule has 0 unspecified atom stereocenters. The van der Waals surface area contributed by atoms with Crippen LogP contribution in [0.15, 0.2) is 72.8 Å². The zero-order chi connectivity index (χ0) is 22.9. The molecule has 2 atom stereocenters. The van der Waals surface area contributed by atoms with E-state index in [1.165, 1.54) is 11.0 Å². The molecule has 166 valence electrons. The lowest BCUT2D eigenvalue weighted by Gasteiger charge is -2.25. The first-order valence-corrected chi connectivity index (χ1v) is 10.3. The summed E-state index contributed by atoms with van der Waals surface area (Å²) in [5.74, 6) is 1.13. The van der Waals surface area contributed by atoms with E-state index in [4.69, 9.17) is 21.1 Å². The molecule has 1 aliphatic rings. The van der Waals surface area contributed by atoms with Crippen molar-refractivity contribution in [2.45, 2.75) is 31.7 Å². The molecular weight excluding hydrogens is 443 g/mol. The number of hydrogen-bond donors (Lipinski definition) is 0. The number of cyclic esters (lactones) is 1. The topological polar surface area (TPSA) is 38.8 Å². The SMILES string of the molecule is CC[C@@H]1OC(=O)N(c2ccc(Oc3ccc(Cl)cc3)cc2)[C@H]1c1cccc(C(F)(F)F)c1. The molecule has 3 aromatic rings. The number of carbonyl (C=O) groups excluding carboxylic acids is 1. The van der Waals surface area contributed by atoms with Crippen molar-refractivity contribution in [2.24, 2.45) is 0 Å². The number of benzene rings is 3. The predicted octanol–water partition coefficient (Wildman–Crippen LogP) is 7.63. The van der Waals surface area contributed by atoms with Crippen LogP contribution < -0.4 is 9.64 Å². The summed E-state index contributed by atoms with van der Waals surface area (Å²) in [6, 6.07) is 17.9. The van der Waals surface area contributed by atoms with Crippen LogP contribution in [0, 0.1) is 0 Å². The summed E-state index contributed by atoms with van der Waals surface area (Å²) in [5.41, 5.74) is 0.0895. The second-order valence-electron chi connectivity index (χ2n) is 7.32. The molecule has 0 bridgehead atoms. The van der Waals surface area contributed by atoms with E-state index >= 15 is 0 Å². The highest BCUT2D eigenvalue weighted by Gasteiger charge is 2.43. The number of rotatable bonds is 5. The van der Waals surface area contributed by atoms with Crippen LogP contribution >= 0.6 is 11.6 Å². The molecule has 1 aliphatic heterocycles. The molecule has 0 radical (unpaired) electrons. The Morgan fingerprint density at radius 1 is 1.00 bits per heavy atom. The Labute approximate surface area is 188 Å². The van der Waals surface area contributed by atoms with Crippen molar-refractivity contribution in [3.05, 3.63) is 88.9 Å². The highest BCUT2D eigenvalue weighted by molar-refractivity contribution is 6.30. The normalized spacial score (nSPS) is 18.5. The average molecular weight is 462 g/mol. The standard InChI is InChI=1S/C24H19ClF3NO3/c1-2-21-22(15-4-3-5-16(14-15)24(26,27)28)29(23(30)32-21)18-8-12-20(13-9-18)31-19-10-6-17(25)7-11-19/h3-14,21-22H,2H2,1H3/t21-,22-/m0/s1. The first kappa shape index (κ1) is 22.0. The van der Waals surface area contributed by atoms with Gasteiger partial charge in [-0.05, 0) is 72.6 Å². The van der Waals surface area contributed by atoms with E-state index < -0.39 is 30.0 Å². The molecule has 8 heteroatoms. The molecule has 0 aromatic heterocycles. The van der Waals surface area contributed by atoms with Gasteiger partial charge in [0.15, 0.2) is 0 Å². The van der Waals surface area contributed by atoms with E-state index in [9.17, 15) is 18.0 Å². The van der Waals surface area contributed by atoms with Crippen molar-refractivity contribution < 1.29 is 27.4 Å². The maximum atomic E-state index is 13.2. The molecule has 4 nitrogen and oxygen atoms in total. The number of hydrogen-bond acceptors (Lipinski definition) is 3. The molecule has 32 heavy (non-hydrogen) atoms. The van der Waals surface area contributed by atoms with Crippen molar-refractivity contribution in [3.63, 3.8) is 0 Å². The molecule has 1 heterocycles. The predicted molar refractivity (Wildman–Crippen MR) is 115 cm³/mol. The van der Waals surface area contributed by atoms with Crippen LogP contribution in [0.25, 0.3) is 0 Å². The Balaban J connectivity index is 1.63. The third kappa shape index (κ3) is 4.53. The fourth-order valence-electron chi connectivity index (χ4n) is 3.68. The minimum atomic E-state index is -4.48. The van der Waals surface area contributed by atoms with Gasteiger partial charge >= 0.3 is 12.3 Å². The van der Waals surface area contributed by atoms with Gasteiger partial charge in [0, 0.05) is 10.7 Å². The van der Waals surface area contributed by atoms with Crippen LogP contribution in [0.5, 0.6) is 11.5 Å². The number of halogens is 4. The van der Waals surface area contributed by atoms with Crippen molar-refractivity contribution in [1.29, 1.82) is 0 Å². The van der Waals surface area contributed by atoms with Crippen molar-refractivity contribution >= 4 is 23.4 Å². The smallest absolute Gasteiger partial charge is 0.416 e. The summed E-state index contributed by atoms with van der Waals surface area (Å²) in [7, 11) is 0. The maximum absolute atomic E-state index is 13.2. The molecular formula is C24H19ClF3NO3. The molecule has 0 aliphatic carbocycles. The highest BCUT2D eigenvalue weighted by Crippen LogP contribution is 2.41. The Morgan fingerprint density at radius 3 is 2.22 bits per heavy atom. The minimum absolute atomic E-state index is 0.360. The van der Waals surface area contributed by atoms with Gasteiger partial charge in [-0.25, -0.2) is 4.79 Å². The molecule has 1 amide bonds. The number of anilines is 1. The van der Waals surface area contributed by atoms with Crippen molar-refractivity contribution in [3.8, 4) is 11.5 Å². The van der Waals surface area contributed by atoms with E-state index in [1.807, 2.05) is 6.92 Å². The maximum Gasteiger partial charge on any atom is 0.416 e. The van der Waals surface area contributed by atoms with Crippen LogP contribution in [0.1, 0.15) is 30.5 Å². The Morgan fingerprint density at radius 2 is 1.62 bits per heavy atom. The first-order valence-electron chi connectivity index (χ1n) is 9.97. The van der Waals surface area contributed by atoms with Gasteiger partial charge in [0.1, 0.15) is 23.6 Å². The summed E-state index contributed by atoms with van der Waals surface area (Å²) >= 11 is 5.88. The Bertz CT molecular complexity index is 1100. The number of alkyl halides is 3. The number of ether oxygens (including phenoxy) is 2. The highest BCUT2D eigenvalue weighted by atomic mass is 35.5. The average Bonchev–Trinajstić information content (AvgIpc) is 3.11. The van der Waals surface area contributed by atoms with Gasteiger partial charge < -0.3 is 9.47 Å². The van der Waals surface area contributed by atoms with Gasteiger partial charge in [-0.1, -0.05) is 30.7 Å². The lowest BCUT2D eigenvalue weighted by atomic mass is 9.96. The van der Waals surface area contributed by atoms with Crippen LogP contribution in [0.4, 0.5) is 23.7 Å². The summed E-state index contributed by atoms with van der Waals surface area (Å²) in [6.45, 7) is 1.82. The quantitative estimate of drug-likeness (QED) is 0.392. The number of nitrogens with zero attached hydrogens (tertiary/aromatic N) is 1. The van der Waals surface area contributed by atoms with E-state index in [2.05, 4.69) is 0 Å². The first-order chi connectivity index (χ1) is 15.3. The van der Waals surface area contributed by atoms with Crippen molar-refractivity contribution in [2.75, 3.05) is 4.90 Å². The van der Waals surface area contributed by atoms with Crippen LogP contribution in [0.3, 0.4) is 0 Å². The second-order valence-corrected chi connectivity index (χ2v) is 7.75. The fraction of sp³-hybridized carbons (Fsp3) is 0.208. The molecule has 0 N–H and O–H groups in total. The lowest BCUT2D eigenvalue weighted by Crippen LogP contribution is -2.29. The van der Waals surface area contributed by atoms with E-state index in [-0.39, 0.29) is 0 Å². The summed E-state index contributed by atoms with van der Waals surface area (Å²) in [4.78, 5) is 14.0. The van der Waals surface area contributed by atoms with Crippen LogP contribution in [0.2, 0.25) is 5.02 Å². The lowest BCUT2D eigenvalue weighted by molar-refractivity contribution is -0.137. The van der Waals surface area contributed by atoms with Crippen LogP contribution in [-0.2, 0) is 10.9 Å². The van der Waals surface area contributed by atoms with Gasteiger partial charge in [-0.2, -0.15) is 13.2 Å². The summed E-state index contributed by atoms with van der Waals surface area (Å²) in [5, 5.41) is 0.589. The monoisotopic (exact) mass is 461 g/mol. The third-order valence-corrected chi connectivity index (χ3v) is 5.45. The second kappa shape index (κ2) is 8.74. The molecule has 1 saturated heterocycles. The van der Waals surface area contributed by atoms with Crippen molar-refractivity contribution in [1.82, 2.24) is 0 Å². The molecule has 0 saturated carbocycles. The van der Waals surface area contributed by atoms with Gasteiger partial charge in [-0.3, -0.25) is 4.90 Å². The van der Waals surface area contributed by atoms with E-state index in [0.717, 1.165) is 12.1 Å². The van der Waals surface area contributed by atoms with E-state index in [1.54, 1.807) is 54.6 Å². The summed E-state index contributed by atoms with van der Waals surface area (Å²) in [6.07, 6.45) is -5.20. The van der Waals surface area contributed by atoms with Gasteiger partial charge in [0.05, 0.1) is 5.56 Å². The fourth-order valence-corrected chi connectivity index (χ4v) is 3.81. The largest absolute Gasteiger partial charge is 0.457 e. The van der Waals surface area contributed by atoms with Gasteiger partial charge in [-0.15, -0.1) is 0 Å². The molecule has 1 fully saturated rings. The third-order valence-electron chi connectivity index (χ3n) is 5.20. The zero-order valence-corrected chi connectivity index (χ0v) is 17.7. The summed E-state index contributed by atoms with van der Waals surface area (Å²) < 4.78 is 51.0. The number of carbonyl (C=O) groups is 1. The minimum Gasteiger partial charge on any atom is -0.457 e. The molecule has 3 aromatic carbocycles. The zero-order valence-electron chi connectivity index (χ0n) is 17.0. The number of amides is 1. The van der Waals surface area contributed by atoms with Gasteiger partial charge in [0.2, 0.25) is 0 Å². The molecule has 4 rings (SSSR count). The molecule has 0 spiro atoms.